The number of halogens is 1. The number of carbonyl (C=O) groups excluding carboxylic acids is 1. The Morgan fingerprint density at radius 2 is 1.75 bits per heavy atom. The normalized spacial score (nSPS) is 10.3. The largest absolute Gasteiger partial charge is 0.495 e. The summed E-state index contributed by atoms with van der Waals surface area (Å²) in [5, 5.41) is 6.41. The van der Waals surface area contributed by atoms with E-state index >= 15 is 0 Å². The van der Waals surface area contributed by atoms with Crippen LogP contribution < -0.4 is 20.3 Å². The van der Waals surface area contributed by atoms with E-state index in [0.29, 0.717) is 33.7 Å². The van der Waals surface area contributed by atoms with Gasteiger partial charge in [0.25, 0.3) is 5.91 Å². The first-order valence-corrected chi connectivity index (χ1v) is 8.85. The van der Waals surface area contributed by atoms with Crippen molar-refractivity contribution in [3.8, 4) is 5.75 Å². The highest BCUT2D eigenvalue weighted by molar-refractivity contribution is 6.31. The number of hydrogen-bond acceptors (Lipinski definition) is 6. The van der Waals surface area contributed by atoms with Gasteiger partial charge in [-0.2, -0.15) is 0 Å². The van der Waals surface area contributed by atoms with Crippen LogP contribution in [0.3, 0.4) is 0 Å². The Labute approximate surface area is 168 Å². The Balaban J connectivity index is 1.68. The molecule has 0 aliphatic carbocycles. The molecule has 8 heteroatoms. The summed E-state index contributed by atoms with van der Waals surface area (Å²) in [5.74, 6) is 0.646. The molecule has 1 amide bonds. The summed E-state index contributed by atoms with van der Waals surface area (Å²) in [6, 6.07) is 12.7. The average molecular weight is 398 g/mol. The first kappa shape index (κ1) is 19.4. The molecule has 0 unspecified atom stereocenters. The Kier molecular flexibility index (Phi) is 5.96. The van der Waals surface area contributed by atoms with E-state index in [2.05, 4.69) is 20.6 Å². The number of aromatic nitrogens is 2. The Hall–Kier alpha value is -3.32. The van der Waals surface area contributed by atoms with Crippen LogP contribution in [-0.2, 0) is 0 Å². The zero-order valence-electron chi connectivity index (χ0n) is 15.7. The Morgan fingerprint density at radius 3 is 2.36 bits per heavy atom. The standard InChI is InChI=1S/C20H20ClN5O2/c1-26(2)16-7-5-15(6-8-16)24-19(27)13-11-22-20(23-12-13)25-17-10-14(21)4-9-18(17)28-3/h4-12H,1-3H3,(H,24,27)(H,22,23,25). The summed E-state index contributed by atoms with van der Waals surface area (Å²) in [5.41, 5.74) is 2.73. The Morgan fingerprint density at radius 1 is 1.07 bits per heavy atom. The molecule has 2 aromatic carbocycles. The molecule has 0 atom stereocenters. The lowest BCUT2D eigenvalue weighted by molar-refractivity contribution is 0.102. The van der Waals surface area contributed by atoms with Crippen molar-refractivity contribution in [3.63, 3.8) is 0 Å². The van der Waals surface area contributed by atoms with Crippen LogP contribution in [-0.4, -0.2) is 37.1 Å². The maximum atomic E-state index is 12.4. The van der Waals surface area contributed by atoms with Crippen molar-refractivity contribution in [2.75, 3.05) is 36.7 Å². The molecule has 0 bridgehead atoms. The van der Waals surface area contributed by atoms with Crippen molar-refractivity contribution in [1.29, 1.82) is 0 Å². The fraction of sp³-hybridized carbons (Fsp3) is 0.150. The Bertz CT molecular complexity index is 959. The molecule has 1 heterocycles. The van der Waals surface area contributed by atoms with Crippen molar-refractivity contribution in [2.45, 2.75) is 0 Å². The second kappa shape index (κ2) is 8.58. The van der Waals surface area contributed by atoms with Crippen molar-refractivity contribution < 1.29 is 9.53 Å². The second-order valence-corrected chi connectivity index (χ2v) is 6.60. The number of carbonyl (C=O) groups is 1. The summed E-state index contributed by atoms with van der Waals surface area (Å²) in [6.07, 6.45) is 2.91. The number of anilines is 4. The maximum absolute atomic E-state index is 12.4. The molecule has 7 nitrogen and oxygen atoms in total. The van der Waals surface area contributed by atoms with Crippen LogP contribution >= 0.6 is 11.6 Å². The third kappa shape index (κ3) is 4.69. The van der Waals surface area contributed by atoms with Crippen molar-refractivity contribution in [3.05, 3.63) is 65.4 Å². The van der Waals surface area contributed by atoms with Gasteiger partial charge in [0.1, 0.15) is 5.75 Å². The zero-order chi connectivity index (χ0) is 20.1. The van der Waals surface area contributed by atoms with E-state index in [1.54, 1.807) is 25.3 Å². The number of rotatable bonds is 6. The van der Waals surface area contributed by atoms with Crippen molar-refractivity contribution in [2.24, 2.45) is 0 Å². The molecule has 2 N–H and O–H groups in total. The lowest BCUT2D eigenvalue weighted by Gasteiger charge is -2.13. The second-order valence-electron chi connectivity index (χ2n) is 6.16. The molecule has 144 valence electrons. The zero-order valence-corrected chi connectivity index (χ0v) is 16.5. The lowest BCUT2D eigenvalue weighted by Crippen LogP contribution is -2.13. The number of ether oxygens (including phenoxy) is 1. The SMILES string of the molecule is COc1ccc(Cl)cc1Nc1ncc(C(=O)Nc2ccc(N(C)C)cc2)cn1. The van der Waals surface area contributed by atoms with Gasteiger partial charge in [0.2, 0.25) is 5.95 Å². The van der Waals surface area contributed by atoms with Gasteiger partial charge in [0.15, 0.2) is 0 Å². The van der Waals surface area contributed by atoms with Gasteiger partial charge in [-0.25, -0.2) is 9.97 Å². The van der Waals surface area contributed by atoms with Crippen molar-refractivity contribution >= 4 is 40.5 Å². The van der Waals surface area contributed by atoms with Crippen LogP contribution in [0.25, 0.3) is 0 Å². The summed E-state index contributed by atoms with van der Waals surface area (Å²) in [7, 11) is 5.48. The summed E-state index contributed by atoms with van der Waals surface area (Å²) < 4.78 is 5.28. The molecule has 0 fully saturated rings. The van der Waals surface area contributed by atoms with Crippen LogP contribution in [0.2, 0.25) is 5.02 Å². The third-order valence-corrected chi connectivity index (χ3v) is 4.20. The van der Waals surface area contributed by atoms with Crippen molar-refractivity contribution in [1.82, 2.24) is 9.97 Å². The summed E-state index contributed by atoms with van der Waals surface area (Å²) in [4.78, 5) is 22.8. The molecule has 0 spiro atoms. The number of methoxy groups -OCH3 is 1. The predicted octanol–water partition coefficient (Wildman–Crippen LogP) is 4.20. The molecule has 0 saturated carbocycles. The van der Waals surface area contributed by atoms with E-state index in [4.69, 9.17) is 16.3 Å². The lowest BCUT2D eigenvalue weighted by atomic mass is 10.2. The van der Waals surface area contributed by atoms with E-state index in [1.807, 2.05) is 43.3 Å². The minimum Gasteiger partial charge on any atom is -0.495 e. The number of nitrogens with one attached hydrogen (secondary N) is 2. The molecule has 0 saturated heterocycles. The van der Waals surface area contributed by atoms with Gasteiger partial charge in [-0.3, -0.25) is 4.79 Å². The molecular formula is C20H20ClN5O2. The molecule has 1 aromatic heterocycles. The van der Waals surface area contributed by atoms with Gasteiger partial charge in [0, 0.05) is 42.9 Å². The summed E-state index contributed by atoms with van der Waals surface area (Å²) >= 11 is 6.02. The first-order valence-electron chi connectivity index (χ1n) is 8.47. The van der Waals surface area contributed by atoms with Crippen LogP contribution in [0.4, 0.5) is 23.0 Å². The van der Waals surface area contributed by atoms with Crippen LogP contribution in [0.1, 0.15) is 10.4 Å². The van der Waals surface area contributed by atoms with Gasteiger partial charge < -0.3 is 20.3 Å². The molecule has 0 aliphatic rings. The van der Waals surface area contributed by atoms with E-state index in [1.165, 1.54) is 12.4 Å². The fourth-order valence-electron chi connectivity index (χ4n) is 2.45. The van der Waals surface area contributed by atoms with Crippen LogP contribution in [0.15, 0.2) is 54.9 Å². The highest BCUT2D eigenvalue weighted by Crippen LogP contribution is 2.29. The molecule has 3 aromatic rings. The van der Waals surface area contributed by atoms with Gasteiger partial charge in [-0.15, -0.1) is 0 Å². The predicted molar refractivity (Wildman–Crippen MR) is 112 cm³/mol. The minimum absolute atomic E-state index is 0.288. The molecular weight excluding hydrogens is 378 g/mol. The number of hydrogen-bond donors (Lipinski definition) is 2. The number of benzene rings is 2. The van der Waals surface area contributed by atoms with Gasteiger partial charge in [-0.05, 0) is 42.5 Å². The van der Waals surface area contributed by atoms with Crippen LogP contribution in [0, 0.1) is 0 Å². The fourth-order valence-corrected chi connectivity index (χ4v) is 2.63. The number of nitrogens with zero attached hydrogens (tertiary/aromatic N) is 3. The third-order valence-electron chi connectivity index (χ3n) is 3.96. The molecule has 28 heavy (non-hydrogen) atoms. The maximum Gasteiger partial charge on any atom is 0.258 e. The van der Waals surface area contributed by atoms with E-state index in [0.717, 1.165) is 5.69 Å². The van der Waals surface area contributed by atoms with Gasteiger partial charge in [0.05, 0.1) is 18.4 Å². The monoisotopic (exact) mass is 397 g/mol. The highest BCUT2D eigenvalue weighted by atomic mass is 35.5. The van der Waals surface area contributed by atoms with E-state index in [9.17, 15) is 4.79 Å². The smallest absolute Gasteiger partial charge is 0.258 e. The summed E-state index contributed by atoms with van der Waals surface area (Å²) in [6.45, 7) is 0. The molecule has 0 aliphatic heterocycles. The topological polar surface area (TPSA) is 79.4 Å². The van der Waals surface area contributed by atoms with Gasteiger partial charge in [-0.1, -0.05) is 11.6 Å². The first-order chi connectivity index (χ1) is 13.5. The van der Waals surface area contributed by atoms with E-state index < -0.39 is 0 Å². The van der Waals surface area contributed by atoms with Crippen LogP contribution in [0.5, 0.6) is 5.75 Å². The highest BCUT2D eigenvalue weighted by Gasteiger charge is 2.10. The number of amides is 1. The van der Waals surface area contributed by atoms with Gasteiger partial charge >= 0.3 is 0 Å². The van der Waals surface area contributed by atoms with E-state index in [-0.39, 0.29) is 5.91 Å². The average Bonchev–Trinajstić information content (AvgIpc) is 2.69. The minimum atomic E-state index is -0.288. The molecule has 0 radical (unpaired) electrons. The molecule has 3 rings (SSSR count). The quantitative estimate of drug-likeness (QED) is 0.649.